The van der Waals surface area contributed by atoms with Gasteiger partial charge in [0.1, 0.15) is 5.75 Å². The number of benzene rings is 1. The van der Waals surface area contributed by atoms with Crippen LogP contribution in [0.15, 0.2) is 12.1 Å². The van der Waals surface area contributed by atoms with Crippen molar-refractivity contribution in [1.82, 2.24) is 5.32 Å². The first-order valence-electron chi connectivity index (χ1n) is 6.52. The molecule has 0 fully saturated rings. The van der Waals surface area contributed by atoms with Crippen LogP contribution in [0.3, 0.4) is 0 Å². The molecule has 0 amide bonds. The predicted octanol–water partition coefficient (Wildman–Crippen LogP) is 3.83. The minimum absolute atomic E-state index is 0.208. The second-order valence-corrected chi connectivity index (χ2v) is 5.57. The van der Waals surface area contributed by atoms with Gasteiger partial charge in [-0.2, -0.15) is 0 Å². The summed E-state index contributed by atoms with van der Waals surface area (Å²) in [6.45, 7) is 3.49. The Labute approximate surface area is 124 Å². The van der Waals surface area contributed by atoms with Crippen LogP contribution >= 0.6 is 23.2 Å². The van der Waals surface area contributed by atoms with E-state index in [1.165, 1.54) is 0 Å². The first kappa shape index (κ1) is 14.9. The van der Waals surface area contributed by atoms with E-state index in [4.69, 9.17) is 32.7 Å². The van der Waals surface area contributed by atoms with Gasteiger partial charge in [-0.25, -0.2) is 0 Å². The Morgan fingerprint density at radius 2 is 2.26 bits per heavy atom. The van der Waals surface area contributed by atoms with Crippen molar-refractivity contribution in [2.45, 2.75) is 31.8 Å². The van der Waals surface area contributed by atoms with Crippen LogP contribution < -0.4 is 10.1 Å². The molecule has 1 aliphatic rings. The van der Waals surface area contributed by atoms with Crippen molar-refractivity contribution in [3.8, 4) is 5.75 Å². The molecule has 1 heterocycles. The molecular weight excluding hydrogens is 285 g/mol. The van der Waals surface area contributed by atoms with E-state index in [1.54, 1.807) is 13.2 Å². The van der Waals surface area contributed by atoms with Crippen molar-refractivity contribution in [2.75, 3.05) is 20.3 Å². The molecule has 0 spiro atoms. The van der Waals surface area contributed by atoms with Crippen LogP contribution in [0, 0.1) is 0 Å². The fourth-order valence-corrected chi connectivity index (χ4v) is 2.93. The zero-order chi connectivity index (χ0) is 13.8. The summed E-state index contributed by atoms with van der Waals surface area (Å²) >= 11 is 12.3. The third kappa shape index (κ3) is 3.54. The van der Waals surface area contributed by atoms with Crippen LogP contribution in [0.2, 0.25) is 10.0 Å². The van der Waals surface area contributed by atoms with Gasteiger partial charge < -0.3 is 14.8 Å². The maximum atomic E-state index is 6.18. The number of hydrogen-bond donors (Lipinski definition) is 1. The molecule has 0 radical (unpaired) electrons. The number of hydrogen-bond acceptors (Lipinski definition) is 3. The van der Waals surface area contributed by atoms with Crippen LogP contribution in [0.5, 0.6) is 5.75 Å². The Bertz CT molecular complexity index is 440. The third-order valence-electron chi connectivity index (χ3n) is 3.36. The van der Waals surface area contributed by atoms with Crippen molar-refractivity contribution < 1.29 is 9.47 Å². The molecule has 19 heavy (non-hydrogen) atoms. The maximum Gasteiger partial charge on any atom is 0.142 e. The number of ether oxygens (including phenoxy) is 2. The Balaban J connectivity index is 2.21. The topological polar surface area (TPSA) is 30.5 Å². The van der Waals surface area contributed by atoms with Crippen molar-refractivity contribution in [3.05, 3.63) is 27.7 Å². The molecule has 1 aromatic rings. The summed E-state index contributed by atoms with van der Waals surface area (Å²) in [5.74, 6) is 0.752. The van der Waals surface area contributed by atoms with Gasteiger partial charge in [0, 0.05) is 36.2 Å². The lowest BCUT2D eigenvalue weighted by Crippen LogP contribution is -2.38. The Morgan fingerprint density at radius 1 is 1.47 bits per heavy atom. The smallest absolute Gasteiger partial charge is 0.142 e. The summed E-state index contributed by atoms with van der Waals surface area (Å²) in [7, 11) is 1.72. The summed E-state index contributed by atoms with van der Waals surface area (Å²) in [5.41, 5.74) is 1.04. The highest BCUT2D eigenvalue weighted by Crippen LogP contribution is 2.40. The van der Waals surface area contributed by atoms with E-state index in [1.807, 2.05) is 6.07 Å². The summed E-state index contributed by atoms with van der Waals surface area (Å²) in [4.78, 5) is 0. The second-order valence-electron chi connectivity index (χ2n) is 4.72. The minimum Gasteiger partial charge on any atom is -0.492 e. The minimum atomic E-state index is 0.208. The quantitative estimate of drug-likeness (QED) is 0.896. The number of methoxy groups -OCH3 is 1. The summed E-state index contributed by atoms with van der Waals surface area (Å²) < 4.78 is 10.9. The molecule has 2 unspecified atom stereocenters. The van der Waals surface area contributed by atoms with Crippen molar-refractivity contribution in [2.24, 2.45) is 0 Å². The van der Waals surface area contributed by atoms with Gasteiger partial charge in [-0.15, -0.1) is 0 Å². The van der Waals surface area contributed by atoms with Crippen molar-refractivity contribution >= 4 is 23.2 Å². The molecule has 1 aromatic carbocycles. The van der Waals surface area contributed by atoms with E-state index in [9.17, 15) is 0 Å². The summed E-state index contributed by atoms with van der Waals surface area (Å²) in [5, 5.41) is 4.81. The van der Waals surface area contributed by atoms with Crippen molar-refractivity contribution in [3.63, 3.8) is 0 Å². The Hall–Kier alpha value is -0.480. The molecule has 0 saturated heterocycles. The molecule has 2 atom stereocenters. The molecule has 0 bridgehead atoms. The third-order valence-corrected chi connectivity index (χ3v) is 3.86. The number of nitrogens with one attached hydrogen (secondary N) is 1. The standard InChI is InChI=1S/C14H19Cl2NO2/c1-3-10(8-18-2)17-13-4-5-19-14-11(13)6-9(15)7-12(14)16/h6-7,10,13,17H,3-5,8H2,1-2H3. The van der Waals surface area contributed by atoms with Gasteiger partial charge in [0.25, 0.3) is 0 Å². The van der Waals surface area contributed by atoms with Gasteiger partial charge in [0.15, 0.2) is 0 Å². The zero-order valence-electron chi connectivity index (χ0n) is 11.2. The Kier molecular flexibility index (Phi) is 5.34. The fourth-order valence-electron chi connectivity index (χ4n) is 2.37. The van der Waals surface area contributed by atoms with Crippen LogP contribution in [0.4, 0.5) is 0 Å². The molecule has 106 valence electrons. The number of rotatable bonds is 5. The van der Waals surface area contributed by atoms with Crippen LogP contribution in [0.25, 0.3) is 0 Å². The van der Waals surface area contributed by atoms with Crippen LogP contribution in [-0.4, -0.2) is 26.4 Å². The van der Waals surface area contributed by atoms with Gasteiger partial charge in [-0.05, 0) is 18.6 Å². The van der Waals surface area contributed by atoms with Crippen LogP contribution in [-0.2, 0) is 4.74 Å². The monoisotopic (exact) mass is 303 g/mol. The lowest BCUT2D eigenvalue weighted by molar-refractivity contribution is 0.150. The normalized spacial score (nSPS) is 19.7. The highest BCUT2D eigenvalue weighted by atomic mass is 35.5. The van der Waals surface area contributed by atoms with Gasteiger partial charge in [0.2, 0.25) is 0 Å². The van der Waals surface area contributed by atoms with Crippen molar-refractivity contribution in [1.29, 1.82) is 0 Å². The highest BCUT2D eigenvalue weighted by molar-refractivity contribution is 6.35. The SMILES string of the molecule is CCC(COC)NC1CCOc2c(Cl)cc(Cl)cc21. The average Bonchev–Trinajstić information content (AvgIpc) is 2.39. The largest absolute Gasteiger partial charge is 0.492 e. The molecule has 2 rings (SSSR count). The van der Waals surface area contributed by atoms with E-state index in [-0.39, 0.29) is 6.04 Å². The van der Waals surface area contributed by atoms with Crippen LogP contribution in [0.1, 0.15) is 31.4 Å². The molecule has 5 heteroatoms. The highest BCUT2D eigenvalue weighted by Gasteiger charge is 2.25. The molecule has 1 aliphatic heterocycles. The van der Waals surface area contributed by atoms with Gasteiger partial charge in [-0.1, -0.05) is 30.1 Å². The maximum absolute atomic E-state index is 6.18. The van der Waals surface area contributed by atoms with Gasteiger partial charge >= 0.3 is 0 Å². The molecular formula is C14H19Cl2NO2. The Morgan fingerprint density at radius 3 is 2.95 bits per heavy atom. The molecule has 0 aromatic heterocycles. The number of fused-ring (bicyclic) bond motifs is 1. The fraction of sp³-hybridized carbons (Fsp3) is 0.571. The first-order valence-corrected chi connectivity index (χ1v) is 7.28. The van der Waals surface area contributed by atoms with E-state index in [2.05, 4.69) is 12.2 Å². The molecule has 0 saturated carbocycles. The first-order chi connectivity index (χ1) is 9.15. The van der Waals surface area contributed by atoms with Gasteiger partial charge in [-0.3, -0.25) is 0 Å². The molecule has 3 nitrogen and oxygen atoms in total. The second kappa shape index (κ2) is 6.80. The summed E-state index contributed by atoms with van der Waals surface area (Å²) in [6, 6.07) is 4.18. The lowest BCUT2D eigenvalue weighted by atomic mass is 9.99. The zero-order valence-corrected chi connectivity index (χ0v) is 12.7. The molecule has 0 aliphatic carbocycles. The van der Waals surface area contributed by atoms with Gasteiger partial charge in [0.05, 0.1) is 18.2 Å². The average molecular weight is 304 g/mol. The van der Waals surface area contributed by atoms with E-state index in [0.29, 0.717) is 29.3 Å². The molecule has 1 N–H and O–H groups in total. The van der Waals surface area contributed by atoms with E-state index >= 15 is 0 Å². The summed E-state index contributed by atoms with van der Waals surface area (Å²) in [6.07, 6.45) is 1.92. The predicted molar refractivity (Wildman–Crippen MR) is 78.4 cm³/mol. The van der Waals surface area contributed by atoms with E-state index in [0.717, 1.165) is 24.2 Å². The number of halogens is 2. The van der Waals surface area contributed by atoms with E-state index < -0.39 is 0 Å². The lowest BCUT2D eigenvalue weighted by Gasteiger charge is -2.30.